The summed E-state index contributed by atoms with van der Waals surface area (Å²) in [5.74, 6) is -3.28. The molecule has 0 fully saturated rings. The summed E-state index contributed by atoms with van der Waals surface area (Å²) in [6.45, 7) is 5.00. The fourth-order valence-electron chi connectivity index (χ4n) is 3.04. The van der Waals surface area contributed by atoms with E-state index in [1.165, 1.54) is 6.92 Å². The van der Waals surface area contributed by atoms with Crippen LogP contribution in [-0.2, 0) is 25.6 Å². The second kappa shape index (κ2) is 13.8. The van der Waals surface area contributed by atoms with Crippen molar-refractivity contribution >= 4 is 36.3 Å². The van der Waals surface area contributed by atoms with Crippen LogP contribution in [0.25, 0.3) is 0 Å². The zero-order valence-electron chi connectivity index (χ0n) is 19.0. The van der Waals surface area contributed by atoms with E-state index in [2.05, 4.69) is 28.6 Å². The first-order chi connectivity index (χ1) is 15.5. The Balaban J connectivity index is 2.95. The van der Waals surface area contributed by atoms with E-state index < -0.39 is 54.0 Å². The zero-order valence-corrected chi connectivity index (χ0v) is 19.9. The van der Waals surface area contributed by atoms with Gasteiger partial charge in [0.2, 0.25) is 17.7 Å². The van der Waals surface area contributed by atoms with Gasteiger partial charge in [0.05, 0.1) is 12.1 Å². The Labute approximate surface area is 199 Å². The third-order valence-corrected chi connectivity index (χ3v) is 5.23. The van der Waals surface area contributed by atoms with Crippen molar-refractivity contribution in [2.75, 3.05) is 5.75 Å². The number of hydrogen-bond donors (Lipinski definition) is 7. The number of benzene rings is 1. The van der Waals surface area contributed by atoms with Crippen molar-refractivity contribution in [1.82, 2.24) is 16.0 Å². The average molecular weight is 483 g/mol. The fourth-order valence-corrected chi connectivity index (χ4v) is 3.20. The van der Waals surface area contributed by atoms with Gasteiger partial charge in [-0.1, -0.05) is 44.2 Å². The lowest BCUT2D eigenvalue weighted by atomic mass is 10.0. The molecule has 5 unspecified atom stereocenters. The molecule has 1 aromatic rings. The van der Waals surface area contributed by atoms with Crippen molar-refractivity contribution in [1.29, 1.82) is 0 Å². The van der Waals surface area contributed by atoms with E-state index in [-0.39, 0.29) is 24.5 Å². The molecular formula is C22H34N4O6S. The van der Waals surface area contributed by atoms with Crippen LogP contribution in [0.1, 0.15) is 32.8 Å². The molecule has 184 valence electrons. The summed E-state index contributed by atoms with van der Waals surface area (Å²) in [6.07, 6.45) is -1.04. The molecule has 0 saturated carbocycles. The molecule has 3 amide bonds. The minimum atomic E-state index is -1.43. The van der Waals surface area contributed by atoms with Crippen LogP contribution in [0.4, 0.5) is 0 Å². The summed E-state index contributed by atoms with van der Waals surface area (Å²) in [5.41, 5.74) is 6.36. The number of aliphatic hydroxyl groups excluding tert-OH is 1. The molecule has 33 heavy (non-hydrogen) atoms. The number of carboxylic acid groups (broad SMARTS) is 1. The Morgan fingerprint density at radius 1 is 0.939 bits per heavy atom. The first-order valence-corrected chi connectivity index (χ1v) is 11.3. The molecule has 10 nitrogen and oxygen atoms in total. The van der Waals surface area contributed by atoms with Crippen LogP contribution in [-0.4, -0.2) is 69.9 Å². The van der Waals surface area contributed by atoms with Crippen LogP contribution < -0.4 is 21.7 Å². The predicted molar refractivity (Wildman–Crippen MR) is 127 cm³/mol. The molecule has 0 aliphatic heterocycles. The Hall–Kier alpha value is -2.63. The van der Waals surface area contributed by atoms with Crippen molar-refractivity contribution < 1.29 is 29.4 Å². The van der Waals surface area contributed by atoms with Gasteiger partial charge in [0.15, 0.2) is 0 Å². The lowest BCUT2D eigenvalue weighted by Gasteiger charge is -2.27. The Morgan fingerprint density at radius 3 is 2.00 bits per heavy atom. The molecule has 0 spiro atoms. The number of rotatable bonds is 13. The molecule has 0 bridgehead atoms. The van der Waals surface area contributed by atoms with Crippen molar-refractivity contribution in [3.63, 3.8) is 0 Å². The second-order valence-corrected chi connectivity index (χ2v) is 8.66. The first kappa shape index (κ1) is 28.4. The van der Waals surface area contributed by atoms with E-state index in [4.69, 9.17) is 5.73 Å². The molecule has 0 radical (unpaired) electrons. The minimum absolute atomic E-state index is 0.0226. The summed E-state index contributed by atoms with van der Waals surface area (Å²) in [7, 11) is 0. The van der Waals surface area contributed by atoms with Gasteiger partial charge in [0.1, 0.15) is 18.1 Å². The molecule has 0 heterocycles. The van der Waals surface area contributed by atoms with Gasteiger partial charge in [0, 0.05) is 12.2 Å². The maximum Gasteiger partial charge on any atom is 0.326 e. The minimum Gasteiger partial charge on any atom is -0.480 e. The number of aliphatic hydroxyl groups is 1. The Bertz CT molecular complexity index is 805. The van der Waals surface area contributed by atoms with E-state index in [0.717, 1.165) is 0 Å². The molecule has 11 heteroatoms. The summed E-state index contributed by atoms with van der Waals surface area (Å²) in [4.78, 5) is 49.5. The maximum atomic E-state index is 12.9. The largest absolute Gasteiger partial charge is 0.480 e. The normalized spacial score (nSPS) is 15.6. The number of nitrogens with one attached hydrogen (secondary N) is 3. The molecular weight excluding hydrogens is 448 g/mol. The summed E-state index contributed by atoms with van der Waals surface area (Å²) in [6, 6.07) is 4.12. The van der Waals surface area contributed by atoms with Crippen LogP contribution in [0.2, 0.25) is 0 Å². The van der Waals surface area contributed by atoms with Gasteiger partial charge in [-0.15, -0.1) is 0 Å². The van der Waals surface area contributed by atoms with E-state index >= 15 is 0 Å². The SMILES string of the molecule is CC(C)CC(NC(=O)C(N)CS)C(=O)NC(C(=O)NC(Cc1ccccc1)C(=O)O)C(C)O. The van der Waals surface area contributed by atoms with Crippen LogP contribution >= 0.6 is 12.6 Å². The highest BCUT2D eigenvalue weighted by Gasteiger charge is 2.33. The lowest BCUT2D eigenvalue weighted by Crippen LogP contribution is -2.60. The van der Waals surface area contributed by atoms with Gasteiger partial charge >= 0.3 is 5.97 Å². The average Bonchev–Trinajstić information content (AvgIpc) is 2.75. The molecule has 0 aliphatic rings. The number of amides is 3. The van der Waals surface area contributed by atoms with Crippen molar-refractivity contribution in [2.24, 2.45) is 11.7 Å². The lowest BCUT2D eigenvalue weighted by molar-refractivity contribution is -0.143. The molecule has 0 aliphatic carbocycles. The van der Waals surface area contributed by atoms with Crippen LogP contribution in [0.5, 0.6) is 0 Å². The Kier molecular flexibility index (Phi) is 11.9. The summed E-state index contributed by atoms with van der Waals surface area (Å²) >= 11 is 3.97. The monoisotopic (exact) mass is 482 g/mol. The number of carbonyl (C=O) groups excluding carboxylic acids is 3. The topological polar surface area (TPSA) is 171 Å². The van der Waals surface area contributed by atoms with Crippen LogP contribution in [0, 0.1) is 5.92 Å². The highest BCUT2D eigenvalue weighted by molar-refractivity contribution is 7.80. The van der Waals surface area contributed by atoms with Gasteiger partial charge in [-0.25, -0.2) is 4.79 Å². The number of carbonyl (C=O) groups is 4. The maximum absolute atomic E-state index is 12.9. The zero-order chi connectivity index (χ0) is 25.1. The fraction of sp³-hybridized carbons (Fsp3) is 0.545. The molecule has 1 aromatic carbocycles. The van der Waals surface area contributed by atoms with Gasteiger partial charge in [-0.3, -0.25) is 14.4 Å². The highest BCUT2D eigenvalue weighted by Crippen LogP contribution is 2.08. The van der Waals surface area contributed by atoms with E-state index in [1.807, 2.05) is 13.8 Å². The smallest absolute Gasteiger partial charge is 0.326 e. The van der Waals surface area contributed by atoms with E-state index in [1.54, 1.807) is 30.3 Å². The van der Waals surface area contributed by atoms with E-state index in [0.29, 0.717) is 5.56 Å². The number of aliphatic carboxylic acids is 1. The number of thiol groups is 1. The van der Waals surface area contributed by atoms with E-state index in [9.17, 15) is 29.4 Å². The molecule has 0 saturated heterocycles. The Morgan fingerprint density at radius 2 is 1.52 bits per heavy atom. The summed E-state index contributed by atoms with van der Waals surface area (Å²) in [5, 5.41) is 27.0. The van der Waals surface area contributed by atoms with Crippen molar-refractivity contribution in [3.8, 4) is 0 Å². The van der Waals surface area contributed by atoms with Gasteiger partial charge in [-0.2, -0.15) is 12.6 Å². The number of nitrogens with two attached hydrogens (primary N) is 1. The second-order valence-electron chi connectivity index (χ2n) is 8.30. The number of hydrogen-bond acceptors (Lipinski definition) is 7. The third-order valence-electron chi connectivity index (χ3n) is 4.83. The van der Waals surface area contributed by atoms with Gasteiger partial charge in [-0.05, 0) is 24.8 Å². The number of carboxylic acids is 1. The predicted octanol–water partition coefficient (Wildman–Crippen LogP) is -0.548. The quantitative estimate of drug-likeness (QED) is 0.185. The standard InChI is InChI=1S/C22H34N4O6S/c1-12(2)9-16(24-19(28)15(23)11-33)20(29)26-18(13(3)27)21(30)25-17(22(31)32)10-14-7-5-4-6-8-14/h4-8,12-13,15-18,27,33H,9-11,23H2,1-3H3,(H,24,28)(H,25,30)(H,26,29)(H,31,32). The van der Waals surface area contributed by atoms with Crippen molar-refractivity contribution in [3.05, 3.63) is 35.9 Å². The first-order valence-electron chi connectivity index (χ1n) is 10.7. The van der Waals surface area contributed by atoms with Gasteiger partial charge in [0.25, 0.3) is 0 Å². The molecule has 7 N–H and O–H groups in total. The van der Waals surface area contributed by atoms with Crippen LogP contribution in [0.15, 0.2) is 30.3 Å². The van der Waals surface area contributed by atoms with Gasteiger partial charge < -0.3 is 31.9 Å². The summed E-state index contributed by atoms with van der Waals surface area (Å²) < 4.78 is 0. The molecule has 0 aromatic heterocycles. The highest BCUT2D eigenvalue weighted by atomic mass is 32.1. The third kappa shape index (κ3) is 9.80. The molecule has 1 rings (SSSR count). The van der Waals surface area contributed by atoms with Crippen LogP contribution in [0.3, 0.4) is 0 Å². The van der Waals surface area contributed by atoms with Crippen molar-refractivity contribution in [2.45, 2.75) is 63.9 Å². The molecule has 5 atom stereocenters.